The summed E-state index contributed by atoms with van der Waals surface area (Å²) in [5.74, 6) is -0.265. The third kappa shape index (κ3) is 4.56. The quantitative estimate of drug-likeness (QED) is 0.608. The van der Waals surface area contributed by atoms with Crippen molar-refractivity contribution in [3.05, 3.63) is 47.5 Å². The summed E-state index contributed by atoms with van der Waals surface area (Å²) in [6.07, 6.45) is 0.555. The third-order valence-corrected chi connectivity index (χ3v) is 7.36. The average Bonchev–Trinajstić information content (AvgIpc) is 3.21. The molecule has 0 bridgehead atoms. The van der Waals surface area contributed by atoms with E-state index in [1.807, 2.05) is 0 Å². The van der Waals surface area contributed by atoms with Crippen LogP contribution < -0.4 is 20.1 Å². The van der Waals surface area contributed by atoms with E-state index in [0.717, 1.165) is 5.56 Å². The van der Waals surface area contributed by atoms with E-state index in [0.29, 0.717) is 48.8 Å². The van der Waals surface area contributed by atoms with Gasteiger partial charge in [-0.2, -0.15) is 4.31 Å². The lowest BCUT2D eigenvalue weighted by Crippen LogP contribution is -2.30. The number of primary amides is 1. The molecule has 0 saturated carbocycles. The van der Waals surface area contributed by atoms with E-state index >= 15 is 0 Å². The number of nitrogens with zero attached hydrogens (tertiary/aromatic N) is 2. The molecule has 1 aliphatic rings. The second-order valence-electron chi connectivity index (χ2n) is 7.21. The summed E-state index contributed by atoms with van der Waals surface area (Å²) in [5, 5.41) is 0. The molecule has 0 aromatic heterocycles. The van der Waals surface area contributed by atoms with Crippen molar-refractivity contribution in [2.45, 2.75) is 25.2 Å². The van der Waals surface area contributed by atoms with E-state index in [-0.39, 0.29) is 17.4 Å². The van der Waals surface area contributed by atoms with E-state index in [1.54, 1.807) is 49.1 Å². The van der Waals surface area contributed by atoms with E-state index in [2.05, 4.69) is 0 Å². The number of anilines is 1. The molecule has 0 radical (unpaired) electrons. The number of amides is 2. The average molecular weight is 462 g/mol. The number of nitrogens with two attached hydrogens (primary N) is 1. The number of benzene rings is 2. The van der Waals surface area contributed by atoms with Crippen LogP contribution in [0.15, 0.2) is 41.3 Å². The Morgan fingerprint density at radius 1 is 1.09 bits per heavy atom. The molecule has 1 heterocycles. The number of ether oxygens (including phenoxy) is 2. The number of sulfonamides is 1. The van der Waals surface area contributed by atoms with Gasteiger partial charge in [-0.05, 0) is 48.4 Å². The van der Waals surface area contributed by atoms with Crippen LogP contribution in [0.4, 0.5) is 5.69 Å². The van der Waals surface area contributed by atoms with Crippen LogP contribution in [0.3, 0.4) is 0 Å². The van der Waals surface area contributed by atoms with Crippen LogP contribution in [-0.2, 0) is 21.2 Å². The van der Waals surface area contributed by atoms with Gasteiger partial charge in [-0.25, -0.2) is 8.42 Å². The van der Waals surface area contributed by atoms with E-state index in [1.165, 1.54) is 17.5 Å². The molecule has 2 amide bonds. The monoisotopic (exact) mass is 461 g/mol. The van der Waals surface area contributed by atoms with Gasteiger partial charge in [-0.1, -0.05) is 13.8 Å². The molecule has 32 heavy (non-hydrogen) atoms. The molecule has 0 atom stereocenters. The van der Waals surface area contributed by atoms with E-state index < -0.39 is 15.9 Å². The van der Waals surface area contributed by atoms with Crippen LogP contribution in [0, 0.1) is 0 Å². The lowest BCUT2D eigenvalue weighted by atomic mass is 10.1. The van der Waals surface area contributed by atoms with Crippen molar-refractivity contribution in [3.63, 3.8) is 0 Å². The van der Waals surface area contributed by atoms with Crippen LogP contribution in [0.2, 0.25) is 0 Å². The second kappa shape index (κ2) is 9.58. The first-order valence-electron chi connectivity index (χ1n) is 10.3. The Bertz CT molecular complexity index is 1130. The first-order valence-corrected chi connectivity index (χ1v) is 11.7. The Balaban J connectivity index is 1.86. The summed E-state index contributed by atoms with van der Waals surface area (Å²) in [6, 6.07) is 9.54. The fourth-order valence-electron chi connectivity index (χ4n) is 3.69. The molecule has 2 aromatic rings. The van der Waals surface area contributed by atoms with Crippen molar-refractivity contribution >= 4 is 27.5 Å². The zero-order chi connectivity index (χ0) is 23.5. The lowest BCUT2D eigenvalue weighted by molar-refractivity contribution is -0.119. The standard InChI is InChI=1S/C22H27N3O6S/c1-4-24(5-2)32(28,29)17-7-8-18-15(12-17)10-11-25(18)22(27)16-6-9-19(20(13-16)30-3)31-14-21(23)26/h6-9,12-13H,4-5,10-11,14H2,1-3H3,(H2,23,26). The zero-order valence-corrected chi connectivity index (χ0v) is 19.1. The number of carbonyl (C=O) groups excluding carboxylic acids is 2. The second-order valence-corrected chi connectivity index (χ2v) is 9.15. The molecule has 172 valence electrons. The van der Waals surface area contributed by atoms with Gasteiger partial charge in [0.2, 0.25) is 10.0 Å². The summed E-state index contributed by atoms with van der Waals surface area (Å²) >= 11 is 0. The van der Waals surface area contributed by atoms with Gasteiger partial charge < -0.3 is 20.1 Å². The number of methoxy groups -OCH3 is 1. The van der Waals surface area contributed by atoms with E-state index in [4.69, 9.17) is 15.2 Å². The predicted octanol–water partition coefficient (Wildman–Crippen LogP) is 1.79. The Labute approximate surface area is 187 Å². The normalized spacial score (nSPS) is 13.2. The molecular formula is C22H27N3O6S. The van der Waals surface area contributed by atoms with Gasteiger partial charge in [0.05, 0.1) is 12.0 Å². The molecule has 2 aromatic carbocycles. The fourth-order valence-corrected chi connectivity index (χ4v) is 5.20. The Hall–Kier alpha value is -3.11. The van der Waals surface area contributed by atoms with Crippen molar-refractivity contribution < 1.29 is 27.5 Å². The molecule has 0 fully saturated rings. The molecule has 10 heteroatoms. The lowest BCUT2D eigenvalue weighted by Gasteiger charge is -2.20. The summed E-state index contributed by atoms with van der Waals surface area (Å²) in [7, 11) is -2.14. The molecule has 9 nitrogen and oxygen atoms in total. The van der Waals surface area contributed by atoms with Gasteiger partial charge in [0, 0.05) is 30.9 Å². The Kier molecular flexibility index (Phi) is 7.05. The highest BCUT2D eigenvalue weighted by molar-refractivity contribution is 7.89. The van der Waals surface area contributed by atoms with E-state index in [9.17, 15) is 18.0 Å². The Morgan fingerprint density at radius 3 is 2.44 bits per heavy atom. The molecule has 1 aliphatic heterocycles. The van der Waals surface area contributed by atoms with Gasteiger partial charge in [0.25, 0.3) is 11.8 Å². The molecule has 0 unspecified atom stereocenters. The first kappa shape index (κ1) is 23.6. The van der Waals surface area contributed by atoms with Crippen molar-refractivity contribution in [3.8, 4) is 11.5 Å². The van der Waals surface area contributed by atoms with Crippen LogP contribution in [0.1, 0.15) is 29.8 Å². The maximum atomic E-state index is 13.2. The van der Waals surface area contributed by atoms with Crippen LogP contribution in [0.5, 0.6) is 11.5 Å². The molecule has 2 N–H and O–H groups in total. The first-order chi connectivity index (χ1) is 15.2. The summed E-state index contributed by atoms with van der Waals surface area (Å²) in [4.78, 5) is 26.0. The fraction of sp³-hybridized carbons (Fsp3) is 0.364. The van der Waals surface area contributed by atoms with Gasteiger partial charge in [0.15, 0.2) is 18.1 Å². The van der Waals surface area contributed by atoms with Crippen LogP contribution >= 0.6 is 0 Å². The highest BCUT2D eigenvalue weighted by Gasteiger charge is 2.29. The highest BCUT2D eigenvalue weighted by atomic mass is 32.2. The number of hydrogen-bond donors (Lipinski definition) is 1. The topological polar surface area (TPSA) is 119 Å². The van der Waals surface area contributed by atoms with Crippen molar-refractivity contribution in [1.82, 2.24) is 4.31 Å². The van der Waals surface area contributed by atoms with Crippen LogP contribution in [-0.4, -0.2) is 57.9 Å². The minimum Gasteiger partial charge on any atom is -0.493 e. The van der Waals surface area contributed by atoms with Gasteiger partial charge in [-0.3, -0.25) is 9.59 Å². The minimum atomic E-state index is -3.57. The smallest absolute Gasteiger partial charge is 0.258 e. The maximum Gasteiger partial charge on any atom is 0.258 e. The Morgan fingerprint density at radius 2 is 1.81 bits per heavy atom. The molecule has 3 rings (SSSR count). The number of fused-ring (bicyclic) bond motifs is 1. The molecular weight excluding hydrogens is 434 g/mol. The van der Waals surface area contributed by atoms with Gasteiger partial charge >= 0.3 is 0 Å². The van der Waals surface area contributed by atoms with Crippen molar-refractivity contribution in [1.29, 1.82) is 0 Å². The maximum absolute atomic E-state index is 13.2. The summed E-state index contributed by atoms with van der Waals surface area (Å²) in [5.41, 5.74) is 6.97. The third-order valence-electron chi connectivity index (χ3n) is 5.32. The minimum absolute atomic E-state index is 0.229. The molecule has 0 aliphatic carbocycles. The SMILES string of the molecule is CCN(CC)S(=O)(=O)c1ccc2c(c1)CCN2C(=O)c1ccc(OCC(N)=O)c(OC)c1. The van der Waals surface area contributed by atoms with Gasteiger partial charge in [-0.15, -0.1) is 0 Å². The highest BCUT2D eigenvalue weighted by Crippen LogP contribution is 2.34. The summed E-state index contributed by atoms with van der Waals surface area (Å²) < 4.78 is 37.6. The van der Waals surface area contributed by atoms with Crippen LogP contribution in [0.25, 0.3) is 0 Å². The molecule has 0 spiro atoms. The van der Waals surface area contributed by atoms with Gasteiger partial charge in [0.1, 0.15) is 0 Å². The predicted molar refractivity (Wildman–Crippen MR) is 120 cm³/mol. The summed E-state index contributed by atoms with van der Waals surface area (Å²) in [6.45, 7) is 4.51. The zero-order valence-electron chi connectivity index (χ0n) is 18.3. The van der Waals surface area contributed by atoms with Crippen molar-refractivity contribution in [2.24, 2.45) is 5.73 Å². The largest absolute Gasteiger partial charge is 0.493 e. The van der Waals surface area contributed by atoms with Crippen molar-refractivity contribution in [2.75, 3.05) is 38.3 Å². The number of carbonyl (C=O) groups is 2. The number of rotatable bonds is 9. The number of hydrogen-bond acceptors (Lipinski definition) is 6. The molecule has 0 saturated heterocycles.